The number of benzene rings is 1. The molecule has 0 radical (unpaired) electrons. The van der Waals surface area contributed by atoms with Crippen LogP contribution in [0.4, 0.5) is 0 Å². The third-order valence-corrected chi connectivity index (χ3v) is 2.36. The average Bonchev–Trinajstić information content (AvgIpc) is 2.16. The second-order valence-corrected chi connectivity index (χ2v) is 3.57. The molecule has 0 N–H and O–H groups in total. The van der Waals surface area contributed by atoms with Crippen molar-refractivity contribution in [3.8, 4) is 0 Å². The summed E-state index contributed by atoms with van der Waals surface area (Å²) < 4.78 is 0. The maximum Gasteiger partial charge on any atom is 0.253 e. The Morgan fingerprint density at radius 1 is 1.29 bits per heavy atom. The van der Waals surface area contributed by atoms with Crippen LogP contribution in [0, 0.1) is 0 Å². The second kappa shape index (κ2) is 3.56. The van der Waals surface area contributed by atoms with E-state index in [4.69, 9.17) is 23.2 Å². The SMILES string of the molecule is O=C(Cl)c1ccnc2cc(Cl)ccc12. The first-order valence-corrected chi connectivity index (χ1v) is 4.68. The Hall–Kier alpha value is -1.12. The molecule has 70 valence electrons. The van der Waals surface area contributed by atoms with E-state index in [1.54, 1.807) is 24.3 Å². The van der Waals surface area contributed by atoms with Crippen molar-refractivity contribution in [2.75, 3.05) is 0 Å². The monoisotopic (exact) mass is 225 g/mol. The number of fused-ring (bicyclic) bond motifs is 1. The number of carbonyl (C=O) groups excluding carboxylic acids is 1. The topological polar surface area (TPSA) is 30.0 Å². The molecule has 2 rings (SSSR count). The lowest BCUT2D eigenvalue weighted by molar-refractivity contribution is 0.108. The molecule has 1 aromatic heterocycles. The summed E-state index contributed by atoms with van der Waals surface area (Å²) in [6.07, 6.45) is 1.54. The maximum absolute atomic E-state index is 11.0. The molecular weight excluding hydrogens is 221 g/mol. The highest BCUT2D eigenvalue weighted by molar-refractivity contribution is 6.68. The van der Waals surface area contributed by atoms with E-state index in [-0.39, 0.29) is 0 Å². The Kier molecular flexibility index (Phi) is 2.40. The van der Waals surface area contributed by atoms with E-state index in [0.717, 1.165) is 5.39 Å². The fraction of sp³-hybridized carbons (Fsp3) is 0. The van der Waals surface area contributed by atoms with Gasteiger partial charge in [-0.2, -0.15) is 0 Å². The molecule has 2 aromatic rings. The first-order valence-electron chi connectivity index (χ1n) is 3.92. The number of hydrogen-bond acceptors (Lipinski definition) is 2. The molecule has 1 heterocycles. The third kappa shape index (κ3) is 1.59. The Balaban J connectivity index is 2.81. The predicted molar refractivity (Wildman–Crippen MR) is 56.9 cm³/mol. The first kappa shape index (κ1) is 9.44. The van der Waals surface area contributed by atoms with E-state index in [2.05, 4.69) is 4.98 Å². The van der Waals surface area contributed by atoms with Crippen LogP contribution in [0.15, 0.2) is 30.5 Å². The average molecular weight is 226 g/mol. The van der Waals surface area contributed by atoms with Crippen LogP contribution in [0.3, 0.4) is 0 Å². The largest absolute Gasteiger partial charge is 0.276 e. The molecular formula is C10H5Cl2NO. The molecule has 14 heavy (non-hydrogen) atoms. The van der Waals surface area contributed by atoms with Crippen molar-refractivity contribution in [2.45, 2.75) is 0 Å². The summed E-state index contributed by atoms with van der Waals surface area (Å²) >= 11 is 11.2. The van der Waals surface area contributed by atoms with Gasteiger partial charge in [-0.3, -0.25) is 9.78 Å². The van der Waals surface area contributed by atoms with Gasteiger partial charge in [0.15, 0.2) is 0 Å². The zero-order chi connectivity index (χ0) is 10.1. The zero-order valence-corrected chi connectivity index (χ0v) is 8.51. The smallest absolute Gasteiger partial charge is 0.253 e. The van der Waals surface area contributed by atoms with Gasteiger partial charge < -0.3 is 0 Å². The lowest BCUT2D eigenvalue weighted by Gasteiger charge is -2.01. The van der Waals surface area contributed by atoms with Gasteiger partial charge in [-0.05, 0) is 29.8 Å². The highest BCUT2D eigenvalue weighted by Gasteiger charge is 2.07. The number of carbonyl (C=O) groups is 1. The quantitative estimate of drug-likeness (QED) is 0.698. The van der Waals surface area contributed by atoms with Gasteiger partial charge in [0.2, 0.25) is 0 Å². The molecule has 0 aliphatic rings. The van der Waals surface area contributed by atoms with Gasteiger partial charge in [-0.25, -0.2) is 0 Å². The number of aromatic nitrogens is 1. The van der Waals surface area contributed by atoms with Crippen molar-refractivity contribution < 1.29 is 4.79 Å². The highest BCUT2D eigenvalue weighted by Crippen LogP contribution is 2.21. The number of hydrogen-bond donors (Lipinski definition) is 0. The maximum atomic E-state index is 11.0. The molecule has 4 heteroatoms. The van der Waals surface area contributed by atoms with Crippen molar-refractivity contribution in [3.63, 3.8) is 0 Å². The minimum absolute atomic E-state index is 0.452. The van der Waals surface area contributed by atoms with Gasteiger partial charge in [0.05, 0.1) is 5.52 Å². The van der Waals surface area contributed by atoms with Crippen molar-refractivity contribution in [1.82, 2.24) is 4.98 Å². The number of nitrogens with zero attached hydrogens (tertiary/aromatic N) is 1. The number of rotatable bonds is 1. The molecule has 0 atom stereocenters. The Bertz CT molecular complexity index is 510. The molecule has 0 aliphatic carbocycles. The van der Waals surface area contributed by atoms with E-state index >= 15 is 0 Å². The van der Waals surface area contributed by atoms with Crippen molar-refractivity contribution in [2.24, 2.45) is 0 Å². The summed E-state index contributed by atoms with van der Waals surface area (Å²) in [5.41, 5.74) is 1.12. The van der Waals surface area contributed by atoms with Crippen LogP contribution in [-0.2, 0) is 0 Å². The van der Waals surface area contributed by atoms with Gasteiger partial charge >= 0.3 is 0 Å². The second-order valence-electron chi connectivity index (χ2n) is 2.79. The molecule has 0 amide bonds. The van der Waals surface area contributed by atoms with Gasteiger partial charge in [0.1, 0.15) is 0 Å². The fourth-order valence-electron chi connectivity index (χ4n) is 1.29. The van der Waals surface area contributed by atoms with Crippen LogP contribution in [0.5, 0.6) is 0 Å². The molecule has 0 bridgehead atoms. The summed E-state index contributed by atoms with van der Waals surface area (Å²) in [5, 5.41) is 0.820. The van der Waals surface area contributed by atoms with Gasteiger partial charge in [-0.15, -0.1) is 0 Å². The van der Waals surface area contributed by atoms with Crippen molar-refractivity contribution in [1.29, 1.82) is 0 Å². The number of pyridine rings is 1. The van der Waals surface area contributed by atoms with Gasteiger partial charge in [-0.1, -0.05) is 17.7 Å². The molecule has 0 spiro atoms. The van der Waals surface area contributed by atoms with Gasteiger partial charge in [0, 0.05) is 22.2 Å². The Morgan fingerprint density at radius 3 is 2.79 bits per heavy atom. The van der Waals surface area contributed by atoms with E-state index in [9.17, 15) is 4.79 Å². The Morgan fingerprint density at radius 2 is 2.07 bits per heavy atom. The predicted octanol–water partition coefficient (Wildman–Crippen LogP) is 3.27. The zero-order valence-electron chi connectivity index (χ0n) is 7.00. The van der Waals surface area contributed by atoms with Crippen LogP contribution in [0.25, 0.3) is 10.9 Å². The lowest BCUT2D eigenvalue weighted by Crippen LogP contribution is -1.91. The first-order chi connectivity index (χ1) is 6.68. The molecule has 1 aromatic carbocycles. The summed E-state index contributed by atoms with van der Waals surface area (Å²) in [6, 6.07) is 6.72. The summed E-state index contributed by atoms with van der Waals surface area (Å²) in [6.45, 7) is 0. The molecule has 2 nitrogen and oxygen atoms in total. The van der Waals surface area contributed by atoms with E-state index in [1.807, 2.05) is 0 Å². The van der Waals surface area contributed by atoms with Crippen molar-refractivity contribution in [3.05, 3.63) is 41.0 Å². The van der Waals surface area contributed by atoms with Crippen LogP contribution in [-0.4, -0.2) is 10.2 Å². The van der Waals surface area contributed by atoms with Crippen LogP contribution < -0.4 is 0 Å². The van der Waals surface area contributed by atoms with E-state index < -0.39 is 5.24 Å². The van der Waals surface area contributed by atoms with Crippen LogP contribution >= 0.6 is 23.2 Å². The molecule has 0 fully saturated rings. The van der Waals surface area contributed by atoms with Crippen LogP contribution in [0.1, 0.15) is 10.4 Å². The minimum atomic E-state index is -0.486. The lowest BCUT2D eigenvalue weighted by atomic mass is 10.1. The molecule has 0 aliphatic heterocycles. The number of halogens is 2. The van der Waals surface area contributed by atoms with Crippen LogP contribution in [0.2, 0.25) is 5.02 Å². The van der Waals surface area contributed by atoms with Gasteiger partial charge in [0.25, 0.3) is 5.24 Å². The Labute approximate surface area is 90.5 Å². The molecule has 0 saturated carbocycles. The third-order valence-electron chi connectivity index (χ3n) is 1.92. The molecule has 0 saturated heterocycles. The minimum Gasteiger partial charge on any atom is -0.276 e. The normalized spacial score (nSPS) is 10.4. The van der Waals surface area contributed by atoms with E-state index in [1.165, 1.54) is 6.20 Å². The van der Waals surface area contributed by atoms with E-state index in [0.29, 0.717) is 16.1 Å². The molecule has 0 unspecified atom stereocenters. The standard InChI is InChI=1S/C10H5Cl2NO/c11-6-1-2-7-8(10(12)14)3-4-13-9(7)5-6/h1-5H. The summed E-state index contributed by atoms with van der Waals surface area (Å²) in [5.74, 6) is 0. The highest BCUT2D eigenvalue weighted by atomic mass is 35.5. The fourth-order valence-corrected chi connectivity index (χ4v) is 1.62. The van der Waals surface area contributed by atoms with Crippen molar-refractivity contribution >= 4 is 39.3 Å². The summed E-state index contributed by atoms with van der Waals surface area (Å²) in [7, 11) is 0. The summed E-state index contributed by atoms with van der Waals surface area (Å²) in [4.78, 5) is 15.1.